The van der Waals surface area contributed by atoms with E-state index >= 15 is 0 Å². The smallest absolute Gasteiger partial charge is 0.210 e. The summed E-state index contributed by atoms with van der Waals surface area (Å²) in [6, 6.07) is 9.50. The zero-order valence-corrected chi connectivity index (χ0v) is 15.8. The van der Waals surface area contributed by atoms with E-state index in [1.165, 1.54) is 0 Å². The standard InChI is InChI=1S/C21H22N4O3/c1-15(26)20-23-9-10-25(20)12-17-11-19(28-24-17)8-5-16-3-6-18(7-4-16)27-21(2)13-22-14-21/h3-4,6-7,9-11,15,22,26H,12-14H2,1-2H3/t15-/m0/s1. The number of imidazole rings is 1. The number of aliphatic hydroxyl groups is 1. The van der Waals surface area contributed by atoms with E-state index in [-0.39, 0.29) is 5.60 Å². The van der Waals surface area contributed by atoms with Gasteiger partial charge in [0.15, 0.2) is 0 Å². The van der Waals surface area contributed by atoms with Crippen LogP contribution in [0.5, 0.6) is 5.75 Å². The Kier molecular flexibility index (Phi) is 4.90. The van der Waals surface area contributed by atoms with Crippen molar-refractivity contribution >= 4 is 0 Å². The molecule has 0 aliphatic carbocycles. The SMILES string of the molecule is C[C@H](O)c1nccn1Cc1cc(C#Cc2ccc(OC3(C)CNC3)cc2)on1. The Hall–Kier alpha value is -3.08. The van der Waals surface area contributed by atoms with Crippen molar-refractivity contribution in [1.82, 2.24) is 20.0 Å². The highest BCUT2D eigenvalue weighted by Gasteiger charge is 2.33. The van der Waals surface area contributed by atoms with Gasteiger partial charge in [0.1, 0.15) is 29.0 Å². The molecule has 144 valence electrons. The number of nitrogens with one attached hydrogen (secondary N) is 1. The number of hydrogen-bond acceptors (Lipinski definition) is 6. The molecule has 1 saturated heterocycles. The van der Waals surface area contributed by atoms with Crippen molar-refractivity contribution in [3.63, 3.8) is 0 Å². The Morgan fingerprint density at radius 1 is 1.32 bits per heavy atom. The lowest BCUT2D eigenvalue weighted by molar-refractivity contribution is 0.0349. The molecule has 1 aromatic carbocycles. The third-order valence-electron chi connectivity index (χ3n) is 4.56. The number of aromatic nitrogens is 3. The van der Waals surface area contributed by atoms with E-state index in [4.69, 9.17) is 9.26 Å². The molecule has 4 rings (SSSR count). The average Bonchev–Trinajstić information content (AvgIpc) is 3.30. The molecule has 2 aromatic heterocycles. The van der Waals surface area contributed by atoms with Gasteiger partial charge in [0.05, 0.1) is 6.54 Å². The molecule has 1 aliphatic heterocycles. The third-order valence-corrected chi connectivity index (χ3v) is 4.56. The van der Waals surface area contributed by atoms with Crippen molar-refractivity contribution < 1.29 is 14.4 Å². The number of benzene rings is 1. The van der Waals surface area contributed by atoms with Gasteiger partial charge < -0.3 is 24.3 Å². The predicted octanol–water partition coefficient (Wildman–Crippen LogP) is 2.11. The molecule has 28 heavy (non-hydrogen) atoms. The maximum absolute atomic E-state index is 9.72. The van der Waals surface area contributed by atoms with Crippen molar-refractivity contribution in [3.8, 4) is 17.6 Å². The zero-order chi connectivity index (χ0) is 19.6. The van der Waals surface area contributed by atoms with Crippen LogP contribution in [-0.2, 0) is 6.54 Å². The number of rotatable bonds is 5. The largest absolute Gasteiger partial charge is 0.485 e. The minimum absolute atomic E-state index is 0.119. The molecule has 3 aromatic rings. The molecule has 1 fully saturated rings. The number of aliphatic hydroxyl groups excluding tert-OH is 1. The number of hydrogen-bond donors (Lipinski definition) is 2. The fraction of sp³-hybridized carbons (Fsp3) is 0.333. The van der Waals surface area contributed by atoms with Crippen molar-refractivity contribution in [2.75, 3.05) is 13.1 Å². The summed E-state index contributed by atoms with van der Waals surface area (Å²) in [6.07, 6.45) is 2.81. The van der Waals surface area contributed by atoms with Crippen molar-refractivity contribution in [2.24, 2.45) is 0 Å². The molecule has 3 heterocycles. The first-order valence-corrected chi connectivity index (χ1v) is 9.17. The summed E-state index contributed by atoms with van der Waals surface area (Å²) >= 11 is 0. The molecule has 0 radical (unpaired) electrons. The second-order valence-corrected chi connectivity index (χ2v) is 7.20. The van der Waals surface area contributed by atoms with Gasteiger partial charge in [-0.05, 0) is 44.0 Å². The summed E-state index contributed by atoms with van der Waals surface area (Å²) in [5, 5.41) is 17.0. The van der Waals surface area contributed by atoms with Crippen LogP contribution in [0.25, 0.3) is 0 Å². The van der Waals surface area contributed by atoms with Crippen LogP contribution in [0.1, 0.15) is 42.8 Å². The summed E-state index contributed by atoms with van der Waals surface area (Å²) in [7, 11) is 0. The van der Waals surface area contributed by atoms with E-state index in [0.29, 0.717) is 18.1 Å². The molecule has 1 aliphatic rings. The van der Waals surface area contributed by atoms with Crippen molar-refractivity contribution in [2.45, 2.75) is 32.1 Å². The quantitative estimate of drug-likeness (QED) is 0.662. The van der Waals surface area contributed by atoms with Crippen LogP contribution in [-0.4, -0.2) is 38.5 Å². The van der Waals surface area contributed by atoms with Crippen LogP contribution in [0.4, 0.5) is 0 Å². The molecule has 0 bridgehead atoms. The maximum atomic E-state index is 9.72. The first kappa shape index (κ1) is 18.3. The topological polar surface area (TPSA) is 85.3 Å². The lowest BCUT2D eigenvalue weighted by Gasteiger charge is -2.39. The summed E-state index contributed by atoms with van der Waals surface area (Å²) < 4.78 is 13.1. The molecule has 1 atom stereocenters. The number of ether oxygens (including phenoxy) is 1. The van der Waals surface area contributed by atoms with E-state index in [2.05, 4.69) is 34.2 Å². The third kappa shape index (κ3) is 4.09. The van der Waals surface area contributed by atoms with E-state index in [1.54, 1.807) is 25.4 Å². The first-order valence-electron chi connectivity index (χ1n) is 9.17. The predicted molar refractivity (Wildman–Crippen MR) is 103 cm³/mol. The highest BCUT2D eigenvalue weighted by Crippen LogP contribution is 2.22. The van der Waals surface area contributed by atoms with E-state index in [1.807, 2.05) is 28.8 Å². The van der Waals surface area contributed by atoms with Crippen LogP contribution in [0.2, 0.25) is 0 Å². The van der Waals surface area contributed by atoms with E-state index in [9.17, 15) is 5.11 Å². The van der Waals surface area contributed by atoms with Gasteiger partial charge in [-0.1, -0.05) is 11.1 Å². The summed E-state index contributed by atoms with van der Waals surface area (Å²) in [6.45, 7) is 5.95. The van der Waals surface area contributed by atoms with Gasteiger partial charge in [0.25, 0.3) is 0 Å². The van der Waals surface area contributed by atoms with Crippen LogP contribution in [0, 0.1) is 11.8 Å². The summed E-state index contributed by atoms with van der Waals surface area (Å²) in [5.41, 5.74) is 1.47. The Bertz CT molecular complexity index is 1000. The molecular weight excluding hydrogens is 356 g/mol. The Balaban J connectivity index is 1.40. The van der Waals surface area contributed by atoms with Crippen LogP contribution in [0.15, 0.2) is 47.2 Å². The van der Waals surface area contributed by atoms with Gasteiger partial charge in [0.2, 0.25) is 5.76 Å². The van der Waals surface area contributed by atoms with Crippen LogP contribution < -0.4 is 10.1 Å². The first-order chi connectivity index (χ1) is 13.5. The zero-order valence-electron chi connectivity index (χ0n) is 15.8. The molecule has 7 heteroatoms. The van der Waals surface area contributed by atoms with Gasteiger partial charge in [-0.2, -0.15) is 0 Å². The molecule has 0 saturated carbocycles. The fourth-order valence-corrected chi connectivity index (χ4v) is 3.02. The van der Waals surface area contributed by atoms with Crippen LogP contribution in [0.3, 0.4) is 0 Å². The molecule has 0 unspecified atom stereocenters. The molecule has 7 nitrogen and oxygen atoms in total. The lowest BCUT2D eigenvalue weighted by Crippen LogP contribution is -2.60. The lowest BCUT2D eigenvalue weighted by atomic mass is 10.00. The van der Waals surface area contributed by atoms with Gasteiger partial charge in [-0.25, -0.2) is 4.98 Å². The molecular formula is C21H22N4O3. The number of nitrogens with zero attached hydrogens (tertiary/aromatic N) is 3. The molecule has 0 spiro atoms. The Morgan fingerprint density at radius 3 is 2.79 bits per heavy atom. The van der Waals surface area contributed by atoms with Crippen molar-refractivity contribution in [1.29, 1.82) is 0 Å². The molecule has 0 amide bonds. The normalized spacial score (nSPS) is 16.0. The minimum atomic E-state index is -0.642. The highest BCUT2D eigenvalue weighted by molar-refractivity contribution is 5.42. The average molecular weight is 378 g/mol. The summed E-state index contributed by atoms with van der Waals surface area (Å²) in [4.78, 5) is 4.15. The maximum Gasteiger partial charge on any atom is 0.210 e. The van der Waals surface area contributed by atoms with Gasteiger partial charge in [-0.15, -0.1) is 0 Å². The van der Waals surface area contributed by atoms with Crippen molar-refractivity contribution in [3.05, 3.63) is 65.6 Å². The monoisotopic (exact) mass is 378 g/mol. The van der Waals surface area contributed by atoms with Gasteiger partial charge in [0, 0.05) is 37.1 Å². The van der Waals surface area contributed by atoms with E-state index < -0.39 is 6.10 Å². The second-order valence-electron chi connectivity index (χ2n) is 7.20. The van der Waals surface area contributed by atoms with E-state index in [0.717, 1.165) is 30.1 Å². The Morgan fingerprint density at radius 2 is 2.11 bits per heavy atom. The van der Waals surface area contributed by atoms with Gasteiger partial charge >= 0.3 is 0 Å². The van der Waals surface area contributed by atoms with Gasteiger partial charge in [-0.3, -0.25) is 0 Å². The summed E-state index contributed by atoms with van der Waals surface area (Å²) in [5.74, 6) is 7.97. The Labute approximate surface area is 163 Å². The highest BCUT2D eigenvalue weighted by atomic mass is 16.5. The van der Waals surface area contributed by atoms with Crippen LogP contribution >= 0.6 is 0 Å². The fourth-order valence-electron chi connectivity index (χ4n) is 3.02. The molecule has 2 N–H and O–H groups in total. The minimum Gasteiger partial charge on any atom is -0.485 e. The second kappa shape index (κ2) is 7.50.